The number of fused-ring (bicyclic) bond motifs is 1. The maximum Gasteiger partial charge on any atom is 0.264 e. The van der Waals surface area contributed by atoms with Crippen LogP contribution in [0.1, 0.15) is 43.4 Å². The summed E-state index contributed by atoms with van der Waals surface area (Å²) in [5.41, 5.74) is 0.0474. The van der Waals surface area contributed by atoms with Gasteiger partial charge in [-0.3, -0.25) is 9.78 Å². The summed E-state index contributed by atoms with van der Waals surface area (Å²) in [7, 11) is 0. The number of hydrogen-bond acceptors (Lipinski definition) is 3. The Labute approximate surface area is 118 Å². The van der Waals surface area contributed by atoms with Gasteiger partial charge in [-0.15, -0.1) is 0 Å². The van der Waals surface area contributed by atoms with Crippen molar-refractivity contribution in [2.24, 2.45) is 0 Å². The summed E-state index contributed by atoms with van der Waals surface area (Å²) >= 11 is 5.08. The van der Waals surface area contributed by atoms with Crippen LogP contribution in [0.3, 0.4) is 0 Å². The number of aromatic nitrogens is 3. The Morgan fingerprint density at radius 1 is 1.55 bits per heavy atom. The van der Waals surface area contributed by atoms with Crippen LogP contribution in [-0.2, 0) is 6.54 Å². The first kappa shape index (κ1) is 13.4. The third-order valence-electron chi connectivity index (χ3n) is 3.55. The standard InChI is InChI=1S/C13H13F2N3OS/c1-2-18-11-9(12(19)17-13(18)20)7(10(14)15)5-8(16-11)6-3-4-6/h5-6,10H,2-4H2,1H3,(H,17,19,20). The number of alkyl halides is 2. The largest absolute Gasteiger partial charge is 0.303 e. The molecule has 1 aliphatic carbocycles. The molecular formula is C13H13F2N3OS. The Hall–Kier alpha value is -1.63. The fourth-order valence-corrected chi connectivity index (χ4v) is 2.68. The molecule has 7 heteroatoms. The molecule has 1 aliphatic rings. The summed E-state index contributed by atoms with van der Waals surface area (Å²) in [6, 6.07) is 1.36. The zero-order valence-electron chi connectivity index (χ0n) is 10.8. The lowest BCUT2D eigenvalue weighted by Gasteiger charge is -2.12. The Morgan fingerprint density at radius 2 is 2.25 bits per heavy atom. The molecule has 1 saturated carbocycles. The van der Waals surface area contributed by atoms with Crippen LogP contribution in [0, 0.1) is 4.77 Å². The second kappa shape index (κ2) is 4.73. The van der Waals surface area contributed by atoms with E-state index in [0.29, 0.717) is 12.2 Å². The lowest BCUT2D eigenvalue weighted by molar-refractivity contribution is 0.153. The molecule has 0 amide bonds. The third kappa shape index (κ3) is 2.06. The van der Waals surface area contributed by atoms with Crippen LogP contribution in [-0.4, -0.2) is 14.5 Å². The van der Waals surface area contributed by atoms with Crippen molar-refractivity contribution in [2.45, 2.75) is 38.7 Å². The average molecular weight is 297 g/mol. The molecular weight excluding hydrogens is 284 g/mol. The lowest BCUT2D eigenvalue weighted by atomic mass is 10.1. The normalized spacial score (nSPS) is 15.2. The molecule has 0 aliphatic heterocycles. The van der Waals surface area contributed by atoms with E-state index in [0.717, 1.165) is 12.8 Å². The van der Waals surface area contributed by atoms with Crippen molar-refractivity contribution < 1.29 is 8.78 Å². The van der Waals surface area contributed by atoms with Gasteiger partial charge in [0.25, 0.3) is 12.0 Å². The van der Waals surface area contributed by atoms with Gasteiger partial charge in [0, 0.05) is 23.7 Å². The zero-order valence-corrected chi connectivity index (χ0v) is 11.6. The molecule has 3 rings (SSSR count). The van der Waals surface area contributed by atoms with Crippen molar-refractivity contribution in [1.29, 1.82) is 0 Å². The number of rotatable bonds is 3. The monoisotopic (exact) mass is 297 g/mol. The van der Waals surface area contributed by atoms with E-state index in [1.165, 1.54) is 6.07 Å². The fraction of sp³-hybridized carbons (Fsp3) is 0.462. The van der Waals surface area contributed by atoms with Crippen molar-refractivity contribution in [2.75, 3.05) is 0 Å². The molecule has 1 fully saturated rings. The van der Waals surface area contributed by atoms with E-state index in [1.807, 2.05) is 6.92 Å². The minimum absolute atomic E-state index is 0.0557. The van der Waals surface area contributed by atoms with E-state index in [4.69, 9.17) is 12.2 Å². The number of hydrogen-bond donors (Lipinski definition) is 1. The summed E-state index contributed by atoms with van der Waals surface area (Å²) in [5, 5.41) is -0.0557. The quantitative estimate of drug-likeness (QED) is 0.884. The Balaban J connectivity index is 2.46. The highest BCUT2D eigenvalue weighted by Crippen LogP contribution is 2.41. The fourth-order valence-electron chi connectivity index (χ4n) is 2.38. The first-order valence-electron chi connectivity index (χ1n) is 6.48. The smallest absolute Gasteiger partial charge is 0.264 e. The van der Waals surface area contributed by atoms with Gasteiger partial charge in [-0.25, -0.2) is 13.8 Å². The second-order valence-electron chi connectivity index (χ2n) is 4.91. The number of pyridine rings is 1. The molecule has 0 radical (unpaired) electrons. The molecule has 0 spiro atoms. The summed E-state index contributed by atoms with van der Waals surface area (Å²) in [4.78, 5) is 18.8. The highest BCUT2D eigenvalue weighted by Gasteiger charge is 2.28. The van der Waals surface area contributed by atoms with Gasteiger partial charge in [-0.05, 0) is 38.0 Å². The van der Waals surface area contributed by atoms with E-state index >= 15 is 0 Å². The van der Waals surface area contributed by atoms with Crippen LogP contribution in [0.15, 0.2) is 10.9 Å². The van der Waals surface area contributed by atoms with Crippen molar-refractivity contribution in [3.8, 4) is 0 Å². The van der Waals surface area contributed by atoms with Crippen molar-refractivity contribution in [3.63, 3.8) is 0 Å². The molecule has 2 heterocycles. The maximum absolute atomic E-state index is 13.3. The van der Waals surface area contributed by atoms with Gasteiger partial charge in [0.1, 0.15) is 5.65 Å². The van der Waals surface area contributed by atoms with Gasteiger partial charge in [0.2, 0.25) is 0 Å². The van der Waals surface area contributed by atoms with Crippen LogP contribution in [0.2, 0.25) is 0 Å². The molecule has 2 aromatic heterocycles. The van der Waals surface area contributed by atoms with Crippen LogP contribution in [0.5, 0.6) is 0 Å². The van der Waals surface area contributed by atoms with Gasteiger partial charge in [0.15, 0.2) is 4.77 Å². The zero-order chi connectivity index (χ0) is 14.4. The highest BCUT2D eigenvalue weighted by molar-refractivity contribution is 7.71. The Bertz CT molecular complexity index is 793. The molecule has 2 aromatic rings. The maximum atomic E-state index is 13.3. The second-order valence-corrected chi connectivity index (χ2v) is 5.30. The van der Waals surface area contributed by atoms with E-state index in [9.17, 15) is 13.6 Å². The molecule has 0 unspecified atom stereocenters. The summed E-state index contributed by atoms with van der Waals surface area (Å²) in [5.74, 6) is 0.232. The van der Waals surface area contributed by atoms with Gasteiger partial charge in [-0.1, -0.05) is 0 Å². The lowest BCUT2D eigenvalue weighted by Crippen LogP contribution is -2.17. The number of halogens is 2. The Morgan fingerprint density at radius 3 is 2.80 bits per heavy atom. The molecule has 0 aromatic carbocycles. The van der Waals surface area contributed by atoms with Crippen LogP contribution < -0.4 is 5.56 Å². The predicted octanol–water partition coefficient (Wildman–Crippen LogP) is 3.29. The number of H-pyrrole nitrogens is 1. The number of nitrogens with zero attached hydrogens (tertiary/aromatic N) is 2. The van der Waals surface area contributed by atoms with Crippen molar-refractivity contribution >= 4 is 23.3 Å². The van der Waals surface area contributed by atoms with Gasteiger partial charge in [0.05, 0.1) is 5.39 Å². The summed E-state index contributed by atoms with van der Waals surface area (Å²) in [6.07, 6.45) is -0.797. The van der Waals surface area contributed by atoms with E-state index in [2.05, 4.69) is 9.97 Å². The van der Waals surface area contributed by atoms with Crippen molar-refractivity contribution in [1.82, 2.24) is 14.5 Å². The topological polar surface area (TPSA) is 50.7 Å². The SMILES string of the molecule is CCn1c(=S)[nH]c(=O)c2c(C(F)F)cc(C3CC3)nc21. The number of aromatic amines is 1. The van der Waals surface area contributed by atoms with Crippen LogP contribution in [0.25, 0.3) is 11.0 Å². The highest BCUT2D eigenvalue weighted by atomic mass is 32.1. The molecule has 0 atom stereocenters. The van der Waals surface area contributed by atoms with Gasteiger partial charge >= 0.3 is 0 Å². The average Bonchev–Trinajstić information content (AvgIpc) is 3.21. The minimum Gasteiger partial charge on any atom is -0.303 e. The van der Waals surface area contributed by atoms with Gasteiger partial charge < -0.3 is 4.57 Å². The summed E-state index contributed by atoms with van der Waals surface area (Å²) < 4.78 is 28.3. The van der Waals surface area contributed by atoms with E-state index in [-0.39, 0.29) is 27.3 Å². The molecule has 4 nitrogen and oxygen atoms in total. The van der Waals surface area contributed by atoms with E-state index in [1.54, 1.807) is 4.57 Å². The molecule has 20 heavy (non-hydrogen) atoms. The number of nitrogens with one attached hydrogen (secondary N) is 1. The molecule has 0 saturated heterocycles. The molecule has 106 valence electrons. The minimum atomic E-state index is -2.71. The van der Waals surface area contributed by atoms with Crippen LogP contribution in [0.4, 0.5) is 8.78 Å². The molecule has 0 bridgehead atoms. The van der Waals surface area contributed by atoms with Gasteiger partial charge in [-0.2, -0.15) is 0 Å². The van der Waals surface area contributed by atoms with Crippen LogP contribution >= 0.6 is 12.2 Å². The molecule has 1 N–H and O–H groups in total. The predicted molar refractivity (Wildman–Crippen MR) is 73.8 cm³/mol. The Kier molecular flexibility index (Phi) is 3.16. The van der Waals surface area contributed by atoms with E-state index < -0.39 is 12.0 Å². The third-order valence-corrected chi connectivity index (χ3v) is 3.87. The summed E-state index contributed by atoms with van der Waals surface area (Å²) in [6.45, 7) is 2.30. The first-order valence-corrected chi connectivity index (χ1v) is 6.89. The first-order chi connectivity index (χ1) is 9.52. The van der Waals surface area contributed by atoms with Crippen molar-refractivity contribution in [3.05, 3.63) is 32.4 Å². The number of aryl methyl sites for hydroxylation is 1.